The Morgan fingerprint density at radius 2 is 1.40 bits per heavy atom. The molecule has 6 aromatic carbocycles. The number of benzene rings is 6. The summed E-state index contributed by atoms with van der Waals surface area (Å²) in [6, 6.07) is 42.5. The van der Waals surface area contributed by atoms with Crippen molar-refractivity contribution in [3.8, 4) is 22.9 Å². The van der Waals surface area contributed by atoms with Gasteiger partial charge in [-0.05, 0) is 65.0 Å². The normalized spacial score (nSPS) is 11.7. The number of nitriles is 1. The number of thiophene rings is 2. The summed E-state index contributed by atoms with van der Waals surface area (Å²) < 4.78 is 6.93. The minimum atomic E-state index is 0.634. The van der Waals surface area contributed by atoms with Crippen LogP contribution in [0.15, 0.2) is 115 Å². The van der Waals surface area contributed by atoms with E-state index in [0.29, 0.717) is 11.3 Å². The number of fused-ring (bicyclic) bond motifs is 9. The van der Waals surface area contributed by atoms with Gasteiger partial charge in [0.15, 0.2) is 0 Å². The second-order valence-corrected chi connectivity index (χ2v) is 12.8. The van der Waals surface area contributed by atoms with Crippen LogP contribution in [0.3, 0.4) is 0 Å². The average Bonchev–Trinajstić information content (AvgIpc) is 3.73. The second kappa shape index (κ2) is 9.02. The third-order valence-electron chi connectivity index (χ3n) is 8.44. The Bertz CT molecular complexity index is 2710. The lowest BCUT2D eigenvalue weighted by Crippen LogP contribution is -1.94. The van der Waals surface area contributed by atoms with E-state index in [2.05, 4.69) is 119 Å². The van der Waals surface area contributed by atoms with Crippen molar-refractivity contribution in [3.05, 3.63) is 132 Å². The zero-order valence-electron chi connectivity index (χ0n) is 22.6. The second-order valence-electron chi connectivity index (χ2n) is 10.7. The molecular weight excluding hydrogens is 563 g/mol. The van der Waals surface area contributed by atoms with E-state index in [1.165, 1.54) is 20.2 Å². The van der Waals surface area contributed by atoms with Gasteiger partial charge in [0.2, 0.25) is 5.69 Å². The maximum atomic E-state index is 9.70. The number of hydrogen-bond acceptors (Lipinski definition) is 3. The molecule has 3 heterocycles. The molecule has 0 saturated heterocycles. The van der Waals surface area contributed by atoms with Crippen LogP contribution < -0.4 is 0 Å². The summed E-state index contributed by atoms with van der Waals surface area (Å²) in [5, 5.41) is 16.7. The van der Waals surface area contributed by atoms with E-state index in [0.717, 1.165) is 58.8 Å². The molecule has 0 atom stereocenters. The fourth-order valence-electron chi connectivity index (χ4n) is 6.60. The Labute approximate surface area is 254 Å². The van der Waals surface area contributed by atoms with E-state index in [1.54, 1.807) is 11.3 Å². The molecule has 0 spiro atoms. The topological polar surface area (TPSA) is 33.1 Å². The molecule has 43 heavy (non-hydrogen) atoms. The van der Waals surface area contributed by atoms with Crippen molar-refractivity contribution >= 4 is 90.5 Å². The first kappa shape index (κ1) is 24.2. The van der Waals surface area contributed by atoms with Crippen molar-refractivity contribution in [3.63, 3.8) is 0 Å². The minimum Gasteiger partial charge on any atom is -0.308 e. The van der Waals surface area contributed by atoms with Gasteiger partial charge in [-0.3, -0.25) is 0 Å². The average molecular weight is 582 g/mol. The minimum absolute atomic E-state index is 0.634. The van der Waals surface area contributed by atoms with E-state index in [9.17, 15) is 5.26 Å². The van der Waals surface area contributed by atoms with Gasteiger partial charge in [0.25, 0.3) is 0 Å². The number of nitrogens with zero attached hydrogens (tertiary/aromatic N) is 3. The van der Waals surface area contributed by atoms with Gasteiger partial charge in [0.05, 0.1) is 39.6 Å². The van der Waals surface area contributed by atoms with Crippen LogP contribution in [0.4, 0.5) is 5.69 Å². The first-order valence-corrected chi connectivity index (χ1v) is 15.6. The van der Waals surface area contributed by atoms with Crippen molar-refractivity contribution in [1.82, 2.24) is 4.57 Å². The van der Waals surface area contributed by atoms with Crippen LogP contribution in [-0.4, -0.2) is 4.57 Å². The Hall–Kier alpha value is -5.46. The Balaban J connectivity index is 1.37. The number of rotatable bonds is 2. The van der Waals surface area contributed by atoms with E-state index < -0.39 is 0 Å². The van der Waals surface area contributed by atoms with E-state index >= 15 is 0 Å². The van der Waals surface area contributed by atoms with Crippen LogP contribution in [0, 0.1) is 17.9 Å². The molecule has 3 nitrogen and oxygen atoms in total. The third-order valence-corrected chi connectivity index (χ3v) is 10.8. The van der Waals surface area contributed by atoms with Gasteiger partial charge in [-0.2, -0.15) is 5.26 Å². The van der Waals surface area contributed by atoms with Crippen molar-refractivity contribution in [1.29, 1.82) is 5.26 Å². The largest absolute Gasteiger partial charge is 0.308 e. The molecule has 0 aliphatic carbocycles. The predicted octanol–water partition coefficient (Wildman–Crippen LogP) is 11.6. The van der Waals surface area contributed by atoms with Crippen LogP contribution in [-0.2, 0) is 0 Å². The molecule has 3 aromatic heterocycles. The van der Waals surface area contributed by atoms with E-state index in [-0.39, 0.29) is 0 Å². The first-order valence-electron chi connectivity index (χ1n) is 13.9. The highest BCUT2D eigenvalue weighted by atomic mass is 32.1. The molecular formula is C38H19N3S2. The number of hydrogen-bond donors (Lipinski definition) is 0. The molecule has 0 radical (unpaired) electrons. The van der Waals surface area contributed by atoms with E-state index in [1.807, 2.05) is 23.5 Å². The summed E-state index contributed by atoms with van der Waals surface area (Å²) >= 11 is 3.49. The highest BCUT2D eigenvalue weighted by molar-refractivity contribution is 7.27. The summed E-state index contributed by atoms with van der Waals surface area (Å²) in [5.74, 6) is 0. The summed E-state index contributed by atoms with van der Waals surface area (Å²) in [6.45, 7) is 8.17. The molecule has 0 saturated carbocycles. The zero-order valence-corrected chi connectivity index (χ0v) is 24.3. The zero-order chi connectivity index (χ0) is 28.7. The standard InChI is InChI=1S/C38H19N3S2/c1-40-30-20-23(24-10-7-15-35-36(24)28-9-3-5-14-34(28)42-35)19-29-27-11-6-13-32(38(27)43-37(29)30)41-31-12-4-2-8-25(31)26-17-16-22(21-39)18-33(26)41/h2-20H. The highest BCUT2D eigenvalue weighted by Crippen LogP contribution is 2.47. The van der Waals surface area contributed by atoms with Gasteiger partial charge in [-0.25, -0.2) is 4.85 Å². The van der Waals surface area contributed by atoms with Crippen LogP contribution in [0.2, 0.25) is 0 Å². The molecule has 9 rings (SSSR count). The maximum Gasteiger partial charge on any atom is 0.205 e. The quantitative estimate of drug-likeness (QED) is 0.187. The van der Waals surface area contributed by atoms with Crippen molar-refractivity contribution in [2.45, 2.75) is 0 Å². The molecule has 5 heteroatoms. The summed E-state index contributed by atoms with van der Waals surface area (Å²) in [5.41, 5.74) is 6.69. The molecule has 0 aliphatic rings. The fourth-order valence-corrected chi connectivity index (χ4v) is 8.97. The van der Waals surface area contributed by atoms with Crippen molar-refractivity contribution in [2.24, 2.45) is 0 Å². The lowest BCUT2D eigenvalue weighted by Gasteiger charge is -2.09. The van der Waals surface area contributed by atoms with Gasteiger partial charge < -0.3 is 4.57 Å². The molecule has 0 bridgehead atoms. The molecule has 0 unspecified atom stereocenters. The Kier molecular flexibility index (Phi) is 5.07. The Morgan fingerprint density at radius 1 is 0.628 bits per heavy atom. The molecule has 9 aromatic rings. The SMILES string of the molecule is [C-]#[N+]c1cc(-c2cccc3sc4ccccc4c23)cc2c1sc1c(-n3c4ccccc4c4ccc(C#N)cc43)cccc12. The number of aromatic nitrogens is 1. The van der Waals surface area contributed by atoms with Gasteiger partial charge >= 0.3 is 0 Å². The maximum absolute atomic E-state index is 9.70. The number of para-hydroxylation sites is 1. The smallest absolute Gasteiger partial charge is 0.205 e. The molecule has 0 fully saturated rings. The van der Waals surface area contributed by atoms with Gasteiger partial charge in [-0.15, -0.1) is 22.7 Å². The molecule has 0 N–H and O–H groups in total. The monoisotopic (exact) mass is 581 g/mol. The van der Waals surface area contributed by atoms with Crippen molar-refractivity contribution < 1.29 is 0 Å². The van der Waals surface area contributed by atoms with Crippen LogP contribution in [0.5, 0.6) is 0 Å². The van der Waals surface area contributed by atoms with Gasteiger partial charge in [-0.1, -0.05) is 66.7 Å². The summed E-state index contributed by atoms with van der Waals surface area (Å²) in [4.78, 5) is 4.05. The Morgan fingerprint density at radius 3 is 2.28 bits per heavy atom. The van der Waals surface area contributed by atoms with Gasteiger partial charge in [0, 0.05) is 41.0 Å². The summed E-state index contributed by atoms with van der Waals surface area (Å²) in [6.07, 6.45) is 0. The fraction of sp³-hybridized carbons (Fsp3) is 0. The van der Waals surface area contributed by atoms with E-state index in [4.69, 9.17) is 6.57 Å². The van der Waals surface area contributed by atoms with Crippen LogP contribution in [0.1, 0.15) is 5.56 Å². The van der Waals surface area contributed by atoms with Crippen LogP contribution in [0.25, 0.3) is 83.8 Å². The lowest BCUT2D eigenvalue weighted by atomic mass is 9.97. The first-order chi connectivity index (χ1) is 21.2. The summed E-state index contributed by atoms with van der Waals surface area (Å²) in [7, 11) is 0. The van der Waals surface area contributed by atoms with Gasteiger partial charge in [0.1, 0.15) is 0 Å². The molecule has 0 amide bonds. The molecule has 198 valence electrons. The highest BCUT2D eigenvalue weighted by Gasteiger charge is 2.19. The lowest BCUT2D eigenvalue weighted by molar-refractivity contribution is 1.20. The van der Waals surface area contributed by atoms with Crippen molar-refractivity contribution in [2.75, 3.05) is 0 Å². The van der Waals surface area contributed by atoms with Crippen LogP contribution >= 0.6 is 22.7 Å². The predicted molar refractivity (Wildman–Crippen MR) is 183 cm³/mol. The molecule has 0 aliphatic heterocycles. The third kappa shape index (κ3) is 3.38.